The van der Waals surface area contributed by atoms with Gasteiger partial charge in [-0.25, -0.2) is 0 Å². The maximum atomic E-state index is 2.58. The highest BCUT2D eigenvalue weighted by atomic mass is 32.1. The van der Waals surface area contributed by atoms with Crippen LogP contribution in [0.4, 0.5) is 0 Å². The quantitative estimate of drug-likeness (QED) is 0.0353. The van der Waals surface area contributed by atoms with Gasteiger partial charge in [0.15, 0.2) is 0 Å². The van der Waals surface area contributed by atoms with Crippen molar-refractivity contribution in [1.82, 2.24) is 0 Å². The molecule has 0 atom stereocenters. The van der Waals surface area contributed by atoms with E-state index in [2.05, 4.69) is 122 Å². The molecule has 0 spiro atoms. The van der Waals surface area contributed by atoms with Gasteiger partial charge in [-0.05, 0) is 145 Å². The molecule has 7 heteroatoms. The minimum absolute atomic E-state index is 1.18. The van der Waals surface area contributed by atoms with Crippen molar-refractivity contribution in [3.8, 4) is 58.5 Å². The van der Waals surface area contributed by atoms with E-state index in [4.69, 9.17) is 0 Å². The summed E-state index contributed by atoms with van der Waals surface area (Å²) in [4.78, 5) is 17.6. The average Bonchev–Trinajstić information content (AvgIpc) is 4.19. The van der Waals surface area contributed by atoms with Crippen LogP contribution in [-0.2, 0) is 25.7 Å². The summed E-state index contributed by atoms with van der Waals surface area (Å²) in [6, 6.07) is 24.6. The summed E-state index contributed by atoms with van der Waals surface area (Å²) >= 11 is 14.1. The molecule has 7 aromatic heterocycles. The number of rotatable bonds is 34. The molecule has 0 aliphatic heterocycles. The zero-order chi connectivity index (χ0) is 46.5. The Bertz CT molecular complexity index is 2250. The fourth-order valence-corrected chi connectivity index (χ4v) is 17.7. The van der Waals surface area contributed by atoms with Crippen LogP contribution in [0.2, 0.25) is 0 Å². The average molecular weight is 1030 g/mol. The molecule has 7 heterocycles. The highest BCUT2D eigenvalue weighted by molar-refractivity contribution is 7.31. The number of unbranched alkanes of at least 4 members (excludes halogenated alkanes) is 20. The molecule has 0 nitrogen and oxygen atoms in total. The van der Waals surface area contributed by atoms with Crippen molar-refractivity contribution in [1.29, 1.82) is 0 Å². The van der Waals surface area contributed by atoms with Crippen molar-refractivity contribution < 1.29 is 0 Å². The van der Waals surface area contributed by atoms with Gasteiger partial charge in [0.25, 0.3) is 0 Å². The number of thiophene rings is 7. The monoisotopic (exact) mass is 1020 g/mol. The number of hydrogen-bond donors (Lipinski definition) is 0. The molecule has 0 aliphatic carbocycles. The Hall–Kier alpha value is -2.10. The zero-order valence-electron chi connectivity index (χ0n) is 41.6. The van der Waals surface area contributed by atoms with Gasteiger partial charge in [0.1, 0.15) is 0 Å². The molecule has 0 aromatic carbocycles. The predicted molar refractivity (Wildman–Crippen MR) is 313 cm³/mol. The Morgan fingerprint density at radius 1 is 0.254 bits per heavy atom. The van der Waals surface area contributed by atoms with Gasteiger partial charge in [0, 0.05) is 58.5 Å². The Kier molecular flexibility index (Phi) is 23.0. The molecule has 0 fully saturated rings. The van der Waals surface area contributed by atoms with Crippen molar-refractivity contribution in [2.75, 3.05) is 0 Å². The summed E-state index contributed by atoms with van der Waals surface area (Å²) in [6.45, 7) is 9.27. The van der Waals surface area contributed by atoms with Gasteiger partial charge >= 0.3 is 0 Å². The molecule has 67 heavy (non-hydrogen) atoms. The summed E-state index contributed by atoms with van der Waals surface area (Å²) in [7, 11) is 0. The molecule has 0 saturated heterocycles. The summed E-state index contributed by atoms with van der Waals surface area (Å²) in [5.74, 6) is 0. The van der Waals surface area contributed by atoms with Gasteiger partial charge in [0.2, 0.25) is 0 Å². The van der Waals surface area contributed by atoms with Crippen molar-refractivity contribution in [3.63, 3.8) is 0 Å². The Morgan fingerprint density at radius 2 is 0.537 bits per heavy atom. The maximum absolute atomic E-state index is 2.58. The molecular formula is C60H80S7. The Labute approximate surface area is 435 Å². The van der Waals surface area contributed by atoms with Crippen LogP contribution in [0, 0.1) is 0 Å². The SMILES string of the molecule is CCCCCCCCc1ccsc1-c1ccc(-c2sc(-c3ccc(-c4cc(CCCCCCCC)c(-c5ccc(-c6sccc6CCCCCCCC)s5)s4)s3)cc2CCCCCCCC)s1. The van der Waals surface area contributed by atoms with Gasteiger partial charge in [-0.2, -0.15) is 0 Å². The molecule has 0 unspecified atom stereocenters. The molecule has 362 valence electrons. The van der Waals surface area contributed by atoms with E-state index < -0.39 is 0 Å². The summed E-state index contributed by atoms with van der Waals surface area (Å²) in [5, 5.41) is 4.65. The van der Waals surface area contributed by atoms with E-state index in [9.17, 15) is 0 Å². The van der Waals surface area contributed by atoms with Gasteiger partial charge in [-0.1, -0.05) is 156 Å². The zero-order valence-corrected chi connectivity index (χ0v) is 47.3. The second kappa shape index (κ2) is 29.3. The molecule has 7 aromatic rings. The highest BCUT2D eigenvalue weighted by Crippen LogP contribution is 2.50. The number of aryl methyl sites for hydroxylation is 4. The van der Waals surface area contributed by atoms with Gasteiger partial charge in [-0.15, -0.1) is 79.4 Å². The van der Waals surface area contributed by atoms with Crippen LogP contribution in [0.1, 0.15) is 204 Å². The van der Waals surface area contributed by atoms with E-state index in [-0.39, 0.29) is 0 Å². The lowest BCUT2D eigenvalue weighted by Crippen LogP contribution is -1.86. The van der Waals surface area contributed by atoms with E-state index in [1.165, 1.54) is 238 Å². The number of hydrogen-bond acceptors (Lipinski definition) is 7. The first kappa shape index (κ1) is 52.7. The minimum atomic E-state index is 1.18. The lowest BCUT2D eigenvalue weighted by atomic mass is 10.0. The topological polar surface area (TPSA) is 0 Å². The minimum Gasteiger partial charge on any atom is -0.143 e. The van der Waals surface area contributed by atoms with Crippen molar-refractivity contribution in [3.05, 3.63) is 93.7 Å². The first-order valence-electron chi connectivity index (χ1n) is 26.8. The van der Waals surface area contributed by atoms with Crippen LogP contribution in [-0.4, -0.2) is 0 Å². The summed E-state index contributed by atoms with van der Waals surface area (Å²) in [5.41, 5.74) is 6.24. The first-order valence-corrected chi connectivity index (χ1v) is 32.6. The highest BCUT2D eigenvalue weighted by Gasteiger charge is 2.21. The molecule has 0 bridgehead atoms. The van der Waals surface area contributed by atoms with Crippen molar-refractivity contribution in [2.45, 2.75) is 207 Å². The largest absolute Gasteiger partial charge is 0.143 e. The third kappa shape index (κ3) is 15.7. The third-order valence-electron chi connectivity index (χ3n) is 13.5. The van der Waals surface area contributed by atoms with Crippen molar-refractivity contribution in [2.24, 2.45) is 0 Å². The standard InChI is InChI=1S/C60H80S7/c1-5-9-13-17-21-25-29-45-39-41-61-57(45)51-35-37-53(64-51)59-47(31-27-23-19-15-11-7-3)43-55(66-59)49-33-34-50(63-49)56-44-48(32-28-24-20-16-12-8-4)60(67-56)54-38-36-52(65-54)58-46(40-42-62-58)30-26-22-18-14-10-6-2/h33-44H,5-32H2,1-4H3. The molecule has 0 saturated carbocycles. The second-order valence-corrected chi connectivity index (χ2v) is 26.2. The van der Waals surface area contributed by atoms with Crippen molar-refractivity contribution >= 4 is 79.4 Å². The Morgan fingerprint density at radius 3 is 0.896 bits per heavy atom. The van der Waals surface area contributed by atoms with E-state index in [0.29, 0.717) is 0 Å². The van der Waals surface area contributed by atoms with Crippen LogP contribution in [0.3, 0.4) is 0 Å². The van der Waals surface area contributed by atoms with E-state index in [1.807, 2.05) is 56.7 Å². The fourth-order valence-electron chi connectivity index (χ4n) is 9.54. The van der Waals surface area contributed by atoms with Crippen LogP contribution in [0.25, 0.3) is 58.5 Å². The van der Waals surface area contributed by atoms with Gasteiger partial charge < -0.3 is 0 Å². The lowest BCUT2D eigenvalue weighted by Gasteiger charge is -2.04. The molecular weight excluding hydrogens is 945 g/mol. The maximum Gasteiger partial charge on any atom is 0.0481 e. The lowest BCUT2D eigenvalue weighted by molar-refractivity contribution is 0.608. The van der Waals surface area contributed by atoms with Gasteiger partial charge in [-0.3, -0.25) is 0 Å². The third-order valence-corrected chi connectivity index (χ3v) is 22.1. The van der Waals surface area contributed by atoms with Gasteiger partial charge in [0.05, 0.1) is 0 Å². The second-order valence-electron chi connectivity index (χ2n) is 19.0. The summed E-state index contributed by atoms with van der Waals surface area (Å²) < 4.78 is 0. The van der Waals surface area contributed by atoms with Crippen LogP contribution < -0.4 is 0 Å². The summed E-state index contributed by atoms with van der Waals surface area (Å²) in [6.07, 6.45) is 37.1. The molecule has 0 amide bonds. The molecule has 7 rings (SSSR count). The van der Waals surface area contributed by atoms with E-state index in [1.54, 1.807) is 22.3 Å². The van der Waals surface area contributed by atoms with E-state index in [0.717, 1.165) is 0 Å². The van der Waals surface area contributed by atoms with E-state index >= 15 is 0 Å². The molecule has 0 radical (unpaired) electrons. The smallest absolute Gasteiger partial charge is 0.0481 e. The van der Waals surface area contributed by atoms with Crippen LogP contribution in [0.5, 0.6) is 0 Å². The first-order chi connectivity index (χ1) is 33.1. The van der Waals surface area contributed by atoms with Crippen LogP contribution >= 0.6 is 79.4 Å². The normalized spacial score (nSPS) is 11.8. The molecule has 0 aliphatic rings. The van der Waals surface area contributed by atoms with Crippen LogP contribution in [0.15, 0.2) is 71.4 Å². The predicted octanol–water partition coefficient (Wildman–Crippen LogP) is 23.7. The Balaban J connectivity index is 1.11. The fraction of sp³-hybridized carbons (Fsp3) is 0.533. The molecule has 0 N–H and O–H groups in total.